The van der Waals surface area contributed by atoms with Gasteiger partial charge in [-0.3, -0.25) is 4.99 Å². The average molecular weight is 292 g/mol. The quantitative estimate of drug-likeness (QED) is 0.684. The highest BCUT2D eigenvalue weighted by Gasteiger charge is 2.38. The number of guanidine groups is 1. The molecule has 2 fully saturated rings. The Morgan fingerprint density at radius 2 is 2.00 bits per heavy atom. The molecule has 0 bridgehead atoms. The normalized spacial score (nSPS) is 21.4. The highest BCUT2D eigenvalue weighted by atomic mass is 35.5. The van der Waals surface area contributed by atoms with Crippen LogP contribution < -0.4 is 5.73 Å². The number of hydrogen-bond donors (Lipinski definition) is 1. The molecule has 1 aromatic rings. The Morgan fingerprint density at radius 3 is 2.50 bits per heavy atom. The van der Waals surface area contributed by atoms with Gasteiger partial charge in [0, 0.05) is 23.5 Å². The van der Waals surface area contributed by atoms with E-state index in [4.69, 9.17) is 17.3 Å². The van der Waals surface area contributed by atoms with E-state index in [0.29, 0.717) is 12.0 Å². The lowest BCUT2D eigenvalue weighted by Gasteiger charge is -2.41. The summed E-state index contributed by atoms with van der Waals surface area (Å²) in [6.45, 7) is 0.789. The predicted molar refractivity (Wildman–Crippen MR) is 84.3 cm³/mol. The maximum Gasteiger partial charge on any atom is 0.191 e. The van der Waals surface area contributed by atoms with Crippen molar-refractivity contribution >= 4 is 17.6 Å². The van der Waals surface area contributed by atoms with Crippen molar-refractivity contribution in [1.29, 1.82) is 0 Å². The molecule has 0 heterocycles. The minimum absolute atomic E-state index is 0.180. The third-order valence-corrected chi connectivity index (χ3v) is 5.02. The number of hydrogen-bond acceptors (Lipinski definition) is 1. The molecule has 0 spiro atoms. The second-order valence-electron chi connectivity index (χ2n) is 6.16. The molecule has 0 aliphatic heterocycles. The van der Waals surface area contributed by atoms with Crippen molar-refractivity contribution in [3.8, 4) is 0 Å². The van der Waals surface area contributed by atoms with Gasteiger partial charge in [-0.25, -0.2) is 0 Å². The third kappa shape index (κ3) is 2.64. The summed E-state index contributed by atoms with van der Waals surface area (Å²) in [5.41, 5.74) is 7.63. The summed E-state index contributed by atoms with van der Waals surface area (Å²) in [6.07, 6.45) is 6.15. The Labute approximate surface area is 125 Å². The molecule has 0 atom stereocenters. The van der Waals surface area contributed by atoms with Crippen LogP contribution in [0.25, 0.3) is 0 Å². The summed E-state index contributed by atoms with van der Waals surface area (Å²) >= 11 is 5.98. The Hall–Kier alpha value is -1.22. The van der Waals surface area contributed by atoms with E-state index in [0.717, 1.165) is 11.6 Å². The first kappa shape index (κ1) is 13.7. The zero-order valence-corrected chi connectivity index (χ0v) is 12.7. The lowest BCUT2D eigenvalue weighted by molar-refractivity contribution is 0.252. The number of halogens is 1. The van der Waals surface area contributed by atoms with Crippen molar-refractivity contribution < 1.29 is 0 Å². The number of nitrogens with zero attached hydrogens (tertiary/aromatic N) is 2. The first-order chi connectivity index (χ1) is 9.61. The molecular weight excluding hydrogens is 270 g/mol. The van der Waals surface area contributed by atoms with Gasteiger partial charge in [-0.2, -0.15) is 0 Å². The standard InChI is InChI=1S/C16H22ClN3/c1-20(14-7-8-14)15(18)19-11-16(9-2-10-16)12-3-5-13(17)6-4-12/h3-6,14H,2,7-11H2,1H3,(H2,18,19). The number of rotatable bonds is 4. The van der Waals surface area contributed by atoms with Gasteiger partial charge in [0.15, 0.2) is 5.96 Å². The van der Waals surface area contributed by atoms with Crippen molar-refractivity contribution in [1.82, 2.24) is 4.90 Å². The highest BCUT2D eigenvalue weighted by molar-refractivity contribution is 6.30. The van der Waals surface area contributed by atoms with Gasteiger partial charge in [0.25, 0.3) is 0 Å². The van der Waals surface area contributed by atoms with Gasteiger partial charge in [-0.05, 0) is 43.4 Å². The molecule has 1 aromatic carbocycles. The number of benzene rings is 1. The Morgan fingerprint density at radius 1 is 1.35 bits per heavy atom. The molecule has 2 N–H and O–H groups in total. The summed E-state index contributed by atoms with van der Waals surface area (Å²) in [4.78, 5) is 6.78. The van der Waals surface area contributed by atoms with E-state index in [1.165, 1.54) is 37.7 Å². The van der Waals surface area contributed by atoms with Crippen LogP contribution in [0.1, 0.15) is 37.7 Å². The van der Waals surface area contributed by atoms with Crippen molar-refractivity contribution in [2.75, 3.05) is 13.6 Å². The van der Waals surface area contributed by atoms with Crippen LogP contribution in [0.4, 0.5) is 0 Å². The molecule has 108 valence electrons. The summed E-state index contributed by atoms with van der Waals surface area (Å²) in [5, 5.41) is 0.791. The molecule has 3 rings (SSSR count). The van der Waals surface area contributed by atoms with Crippen LogP contribution in [0.2, 0.25) is 5.02 Å². The fourth-order valence-corrected chi connectivity index (χ4v) is 3.06. The van der Waals surface area contributed by atoms with Crippen LogP contribution >= 0.6 is 11.6 Å². The van der Waals surface area contributed by atoms with Crippen molar-refractivity contribution in [2.45, 2.75) is 43.6 Å². The minimum Gasteiger partial charge on any atom is -0.370 e. The SMILES string of the molecule is CN(C(N)=NCC1(c2ccc(Cl)cc2)CCC1)C1CC1. The maximum absolute atomic E-state index is 6.10. The molecule has 0 radical (unpaired) electrons. The van der Waals surface area contributed by atoms with Gasteiger partial charge >= 0.3 is 0 Å². The summed E-state index contributed by atoms with van der Waals surface area (Å²) in [7, 11) is 2.05. The van der Waals surface area contributed by atoms with E-state index >= 15 is 0 Å². The maximum atomic E-state index is 6.10. The molecule has 4 heteroatoms. The van der Waals surface area contributed by atoms with E-state index in [1.54, 1.807) is 0 Å². The Kier molecular flexibility index (Phi) is 3.63. The van der Waals surface area contributed by atoms with Gasteiger partial charge in [-0.15, -0.1) is 0 Å². The molecule has 0 amide bonds. The molecule has 3 nitrogen and oxygen atoms in total. The van der Waals surface area contributed by atoms with Crippen molar-refractivity contribution in [3.05, 3.63) is 34.9 Å². The topological polar surface area (TPSA) is 41.6 Å². The Balaban J connectivity index is 1.72. The molecule has 2 aliphatic carbocycles. The second-order valence-corrected chi connectivity index (χ2v) is 6.59. The van der Waals surface area contributed by atoms with Gasteiger partial charge < -0.3 is 10.6 Å². The van der Waals surface area contributed by atoms with Crippen LogP contribution in [0, 0.1) is 0 Å². The van der Waals surface area contributed by atoms with Crippen LogP contribution in [-0.2, 0) is 5.41 Å². The molecule has 20 heavy (non-hydrogen) atoms. The first-order valence-electron chi connectivity index (χ1n) is 7.40. The minimum atomic E-state index is 0.180. The highest BCUT2D eigenvalue weighted by Crippen LogP contribution is 2.44. The predicted octanol–water partition coefficient (Wildman–Crippen LogP) is 3.17. The van der Waals surface area contributed by atoms with Crippen LogP contribution in [0.3, 0.4) is 0 Å². The van der Waals surface area contributed by atoms with E-state index in [1.807, 2.05) is 19.2 Å². The summed E-state index contributed by atoms with van der Waals surface area (Å²) < 4.78 is 0. The number of aliphatic imine (C=N–C) groups is 1. The monoisotopic (exact) mass is 291 g/mol. The van der Waals surface area contributed by atoms with Gasteiger partial charge in [0.2, 0.25) is 0 Å². The molecule has 0 aromatic heterocycles. The largest absolute Gasteiger partial charge is 0.370 e. The molecular formula is C16H22ClN3. The summed E-state index contributed by atoms with van der Waals surface area (Å²) in [5.74, 6) is 0.688. The Bertz CT molecular complexity index is 501. The van der Waals surface area contributed by atoms with E-state index in [9.17, 15) is 0 Å². The van der Waals surface area contributed by atoms with Gasteiger partial charge in [-0.1, -0.05) is 30.2 Å². The first-order valence-corrected chi connectivity index (χ1v) is 7.77. The van der Waals surface area contributed by atoms with Gasteiger partial charge in [0.05, 0.1) is 6.54 Å². The lowest BCUT2D eigenvalue weighted by atomic mass is 9.64. The van der Waals surface area contributed by atoms with Crippen LogP contribution in [0.15, 0.2) is 29.3 Å². The van der Waals surface area contributed by atoms with Crippen molar-refractivity contribution in [3.63, 3.8) is 0 Å². The van der Waals surface area contributed by atoms with Crippen LogP contribution in [-0.4, -0.2) is 30.5 Å². The third-order valence-electron chi connectivity index (χ3n) is 4.77. The van der Waals surface area contributed by atoms with Crippen LogP contribution in [0.5, 0.6) is 0 Å². The smallest absolute Gasteiger partial charge is 0.191 e. The fourth-order valence-electron chi connectivity index (χ4n) is 2.94. The van der Waals surface area contributed by atoms with E-state index in [2.05, 4.69) is 22.0 Å². The molecule has 0 unspecified atom stereocenters. The zero-order chi connectivity index (χ0) is 14.2. The average Bonchev–Trinajstić information content (AvgIpc) is 3.22. The van der Waals surface area contributed by atoms with E-state index < -0.39 is 0 Å². The second kappa shape index (κ2) is 5.28. The zero-order valence-electron chi connectivity index (χ0n) is 12.0. The lowest BCUT2D eigenvalue weighted by Crippen LogP contribution is -2.41. The van der Waals surface area contributed by atoms with Crippen molar-refractivity contribution in [2.24, 2.45) is 10.7 Å². The molecule has 2 aliphatic rings. The van der Waals surface area contributed by atoms with E-state index in [-0.39, 0.29) is 5.41 Å². The fraction of sp³-hybridized carbons (Fsp3) is 0.562. The molecule has 0 saturated heterocycles. The molecule has 2 saturated carbocycles. The summed E-state index contributed by atoms with van der Waals surface area (Å²) in [6, 6.07) is 8.84. The number of nitrogens with two attached hydrogens (primary N) is 1. The van der Waals surface area contributed by atoms with Gasteiger partial charge in [0.1, 0.15) is 0 Å².